The van der Waals surface area contributed by atoms with Crippen LogP contribution in [0.5, 0.6) is 5.75 Å². The number of methoxy groups -OCH3 is 1. The van der Waals surface area contributed by atoms with Gasteiger partial charge in [0.2, 0.25) is 5.95 Å². The van der Waals surface area contributed by atoms with Crippen LogP contribution in [-0.2, 0) is 13.1 Å². The number of rotatable bonds is 3. The van der Waals surface area contributed by atoms with Crippen molar-refractivity contribution in [2.75, 3.05) is 12.8 Å². The van der Waals surface area contributed by atoms with Crippen molar-refractivity contribution in [3.05, 3.63) is 47.3 Å². The Balaban J connectivity index is 1.32. The fourth-order valence-corrected chi connectivity index (χ4v) is 4.29. The van der Waals surface area contributed by atoms with Crippen LogP contribution in [-0.4, -0.2) is 36.7 Å². The van der Waals surface area contributed by atoms with E-state index in [1.165, 1.54) is 5.56 Å². The molecule has 0 radical (unpaired) electrons. The number of nitrogens with one attached hydrogen (secondary N) is 1. The van der Waals surface area contributed by atoms with Crippen molar-refractivity contribution in [2.45, 2.75) is 37.8 Å². The first kappa shape index (κ1) is 16.6. The Hall–Kier alpha value is -3.33. The SMILES string of the molecule is COc1cccc2c1nc(N)n1nc([C@H]3C[C@@H](c4ncc5c(n4)CNC5)C3)nc21. The molecule has 29 heavy (non-hydrogen) atoms. The summed E-state index contributed by atoms with van der Waals surface area (Å²) in [6.07, 6.45) is 3.84. The van der Waals surface area contributed by atoms with Crippen molar-refractivity contribution in [3.63, 3.8) is 0 Å². The standard InChI is InChI=1S/C20H20N8O/c1-29-15-4-2-3-13-16(15)25-20(21)28-19(13)26-18(27-28)11-5-10(6-11)17-23-8-12-7-22-9-14(12)24-17/h2-4,8,10-11,22H,5-7,9H2,1H3,(H2,21,25)/t10-,11+. The Kier molecular flexibility index (Phi) is 3.48. The number of hydrogen-bond acceptors (Lipinski definition) is 8. The molecule has 9 nitrogen and oxygen atoms in total. The van der Waals surface area contributed by atoms with Gasteiger partial charge in [-0.05, 0) is 25.0 Å². The van der Waals surface area contributed by atoms with Gasteiger partial charge < -0.3 is 15.8 Å². The van der Waals surface area contributed by atoms with Crippen LogP contribution in [0.2, 0.25) is 0 Å². The quantitative estimate of drug-likeness (QED) is 0.547. The molecule has 0 saturated heterocycles. The van der Waals surface area contributed by atoms with Crippen LogP contribution in [0, 0.1) is 0 Å². The average Bonchev–Trinajstić information content (AvgIpc) is 3.34. The number of benzene rings is 1. The van der Waals surface area contributed by atoms with E-state index < -0.39 is 0 Å². The number of nitrogen functional groups attached to an aromatic ring is 1. The Morgan fingerprint density at radius 1 is 1.10 bits per heavy atom. The number of nitrogens with two attached hydrogens (primary N) is 1. The maximum absolute atomic E-state index is 6.16. The van der Waals surface area contributed by atoms with Crippen LogP contribution in [0.4, 0.5) is 5.95 Å². The minimum absolute atomic E-state index is 0.273. The van der Waals surface area contributed by atoms with E-state index >= 15 is 0 Å². The van der Waals surface area contributed by atoms with E-state index in [0.717, 1.165) is 48.7 Å². The lowest BCUT2D eigenvalue weighted by molar-refractivity contribution is 0.325. The second kappa shape index (κ2) is 6.08. The predicted molar refractivity (Wildman–Crippen MR) is 107 cm³/mol. The Labute approximate surface area is 166 Å². The largest absolute Gasteiger partial charge is 0.494 e. The van der Waals surface area contributed by atoms with E-state index in [2.05, 4.69) is 20.4 Å². The molecule has 3 aromatic heterocycles. The third-order valence-corrected chi connectivity index (χ3v) is 5.98. The Morgan fingerprint density at radius 2 is 1.97 bits per heavy atom. The normalized spacial score (nSPS) is 20.7. The van der Waals surface area contributed by atoms with Crippen molar-refractivity contribution in [1.29, 1.82) is 0 Å². The minimum Gasteiger partial charge on any atom is -0.494 e. The van der Waals surface area contributed by atoms with Gasteiger partial charge in [-0.25, -0.2) is 19.9 Å². The summed E-state index contributed by atoms with van der Waals surface area (Å²) in [4.78, 5) is 18.6. The highest BCUT2D eigenvalue weighted by atomic mass is 16.5. The monoisotopic (exact) mass is 388 g/mol. The highest BCUT2D eigenvalue weighted by molar-refractivity contribution is 5.95. The summed E-state index contributed by atoms with van der Waals surface area (Å²) >= 11 is 0. The van der Waals surface area contributed by atoms with Crippen LogP contribution < -0.4 is 15.8 Å². The number of hydrogen-bond donors (Lipinski definition) is 2. The molecule has 0 unspecified atom stereocenters. The molecule has 4 heterocycles. The molecule has 146 valence electrons. The van der Waals surface area contributed by atoms with Crippen molar-refractivity contribution in [3.8, 4) is 5.75 Å². The van der Waals surface area contributed by atoms with Crippen molar-refractivity contribution < 1.29 is 4.74 Å². The topological polar surface area (TPSA) is 116 Å². The van der Waals surface area contributed by atoms with Crippen LogP contribution in [0.15, 0.2) is 24.4 Å². The van der Waals surface area contributed by atoms with Gasteiger partial charge in [-0.2, -0.15) is 4.52 Å². The Morgan fingerprint density at radius 3 is 2.83 bits per heavy atom. The summed E-state index contributed by atoms with van der Waals surface area (Å²) in [6.45, 7) is 1.69. The first-order chi connectivity index (χ1) is 14.2. The van der Waals surface area contributed by atoms with E-state index in [4.69, 9.17) is 20.4 Å². The predicted octanol–water partition coefficient (Wildman–Crippen LogP) is 1.92. The molecule has 0 atom stereocenters. The molecule has 1 fully saturated rings. The third kappa shape index (κ3) is 2.47. The van der Waals surface area contributed by atoms with E-state index in [9.17, 15) is 0 Å². The first-order valence-electron chi connectivity index (χ1n) is 9.75. The molecule has 4 aromatic rings. The fraction of sp³-hybridized carbons (Fsp3) is 0.350. The lowest BCUT2D eigenvalue weighted by atomic mass is 9.74. The van der Waals surface area contributed by atoms with Crippen molar-refractivity contribution in [2.24, 2.45) is 0 Å². The lowest BCUT2D eigenvalue weighted by Crippen LogP contribution is -2.23. The minimum atomic E-state index is 0.273. The summed E-state index contributed by atoms with van der Waals surface area (Å²) in [5.74, 6) is 3.34. The third-order valence-electron chi connectivity index (χ3n) is 5.98. The van der Waals surface area contributed by atoms with Gasteiger partial charge in [0.1, 0.15) is 17.1 Å². The molecular formula is C20H20N8O. The summed E-state index contributed by atoms with van der Waals surface area (Å²) in [7, 11) is 1.62. The van der Waals surface area contributed by atoms with Gasteiger partial charge in [0.25, 0.3) is 0 Å². The van der Waals surface area contributed by atoms with E-state index in [1.807, 2.05) is 24.4 Å². The van der Waals surface area contributed by atoms with Crippen LogP contribution >= 0.6 is 0 Å². The molecule has 0 amide bonds. The number of ether oxygens (including phenoxy) is 1. The van der Waals surface area contributed by atoms with Gasteiger partial charge in [0.15, 0.2) is 11.5 Å². The number of fused-ring (bicyclic) bond motifs is 4. The molecule has 0 bridgehead atoms. The molecule has 1 aliphatic carbocycles. The molecule has 1 aliphatic heterocycles. The number of anilines is 1. The molecule has 6 rings (SSSR count). The zero-order valence-corrected chi connectivity index (χ0v) is 16.0. The van der Waals surface area contributed by atoms with E-state index in [-0.39, 0.29) is 5.92 Å². The van der Waals surface area contributed by atoms with Crippen molar-refractivity contribution >= 4 is 22.5 Å². The molecular weight excluding hydrogens is 368 g/mol. The van der Waals surface area contributed by atoms with Gasteiger partial charge in [0, 0.05) is 42.1 Å². The fourth-order valence-electron chi connectivity index (χ4n) is 4.29. The second-order valence-electron chi connectivity index (χ2n) is 7.70. The summed E-state index contributed by atoms with van der Waals surface area (Å²) in [5.41, 5.74) is 9.90. The van der Waals surface area contributed by atoms with Gasteiger partial charge >= 0.3 is 0 Å². The summed E-state index contributed by atoms with van der Waals surface area (Å²) in [5, 5.41) is 8.85. The second-order valence-corrected chi connectivity index (χ2v) is 7.70. The molecule has 1 aromatic carbocycles. The summed E-state index contributed by atoms with van der Waals surface area (Å²) in [6, 6.07) is 5.76. The maximum Gasteiger partial charge on any atom is 0.223 e. The van der Waals surface area contributed by atoms with Crippen molar-refractivity contribution in [1.82, 2.24) is 34.9 Å². The van der Waals surface area contributed by atoms with Gasteiger partial charge in [-0.1, -0.05) is 6.07 Å². The van der Waals surface area contributed by atoms with Gasteiger partial charge in [0.05, 0.1) is 12.8 Å². The van der Waals surface area contributed by atoms with Crippen LogP contribution in [0.3, 0.4) is 0 Å². The average molecular weight is 388 g/mol. The number of aromatic nitrogens is 6. The van der Waals surface area contributed by atoms with Crippen LogP contribution in [0.1, 0.15) is 47.6 Å². The zero-order valence-electron chi connectivity index (χ0n) is 16.0. The van der Waals surface area contributed by atoms with Crippen LogP contribution in [0.25, 0.3) is 16.6 Å². The van der Waals surface area contributed by atoms with Gasteiger partial charge in [-0.3, -0.25) is 0 Å². The lowest BCUT2D eigenvalue weighted by Gasteiger charge is -2.32. The molecule has 2 aliphatic rings. The highest BCUT2D eigenvalue weighted by Gasteiger charge is 2.36. The zero-order chi connectivity index (χ0) is 19.5. The first-order valence-corrected chi connectivity index (χ1v) is 9.75. The number of para-hydroxylation sites is 1. The van der Waals surface area contributed by atoms with E-state index in [1.54, 1.807) is 11.6 Å². The molecule has 1 saturated carbocycles. The van der Waals surface area contributed by atoms with Gasteiger partial charge in [-0.15, -0.1) is 5.10 Å². The molecule has 9 heteroatoms. The van der Waals surface area contributed by atoms with E-state index in [0.29, 0.717) is 28.8 Å². The summed E-state index contributed by atoms with van der Waals surface area (Å²) < 4.78 is 7.05. The smallest absolute Gasteiger partial charge is 0.223 e. The maximum atomic E-state index is 6.16. The number of nitrogens with zero attached hydrogens (tertiary/aromatic N) is 6. The highest BCUT2D eigenvalue weighted by Crippen LogP contribution is 2.46. The molecule has 3 N–H and O–H groups in total. The Bertz CT molecular complexity index is 1260. The molecule has 0 spiro atoms.